The fourth-order valence-electron chi connectivity index (χ4n) is 2.70. The number of ether oxygens (including phenoxy) is 1. The molecule has 1 aliphatic rings. The van der Waals surface area contributed by atoms with E-state index in [1.807, 2.05) is 0 Å². The van der Waals surface area contributed by atoms with Crippen LogP contribution in [0.1, 0.15) is 36.9 Å². The molecule has 1 heterocycles. The van der Waals surface area contributed by atoms with E-state index < -0.39 is 0 Å². The van der Waals surface area contributed by atoms with Crippen LogP contribution in [0.25, 0.3) is 0 Å². The Morgan fingerprint density at radius 1 is 1.26 bits per heavy atom. The summed E-state index contributed by atoms with van der Waals surface area (Å²) in [5.41, 5.74) is 2.61. The fraction of sp³-hybridized carbons (Fsp3) is 0.600. The zero-order chi connectivity index (χ0) is 13.8. The van der Waals surface area contributed by atoms with Gasteiger partial charge >= 0.3 is 0 Å². The van der Waals surface area contributed by atoms with E-state index in [0.717, 1.165) is 32.6 Å². The Kier molecular flexibility index (Phi) is 5.87. The fourth-order valence-corrected chi connectivity index (χ4v) is 3.77. The van der Waals surface area contributed by atoms with Crippen LogP contribution in [0.15, 0.2) is 21.1 Å². The van der Waals surface area contributed by atoms with E-state index in [0.29, 0.717) is 12.0 Å². The van der Waals surface area contributed by atoms with Crippen LogP contribution in [0.2, 0.25) is 0 Å². The van der Waals surface area contributed by atoms with E-state index in [9.17, 15) is 0 Å². The molecule has 1 aromatic rings. The Bertz CT molecular complexity index is 430. The number of halogens is 2. The Hall–Kier alpha value is 0.1000. The lowest BCUT2D eigenvalue weighted by Crippen LogP contribution is -2.32. The normalized spacial score (nSPS) is 18.5. The van der Waals surface area contributed by atoms with Crippen LogP contribution >= 0.6 is 31.9 Å². The summed E-state index contributed by atoms with van der Waals surface area (Å²) in [6, 6.07) is 4.85. The van der Waals surface area contributed by atoms with Crippen molar-refractivity contribution in [2.75, 3.05) is 19.8 Å². The molecule has 1 atom stereocenters. The quantitative estimate of drug-likeness (QED) is 0.811. The second-order valence-corrected chi connectivity index (χ2v) is 6.82. The van der Waals surface area contributed by atoms with Gasteiger partial charge in [-0.05, 0) is 55.5 Å². The minimum atomic E-state index is 0.403. The van der Waals surface area contributed by atoms with Gasteiger partial charge in [0.05, 0.1) is 0 Å². The molecule has 4 heteroatoms. The van der Waals surface area contributed by atoms with Crippen LogP contribution < -0.4 is 5.32 Å². The summed E-state index contributed by atoms with van der Waals surface area (Å²) in [5, 5.41) is 3.65. The van der Waals surface area contributed by atoms with E-state index >= 15 is 0 Å². The van der Waals surface area contributed by atoms with E-state index in [4.69, 9.17) is 4.74 Å². The molecule has 1 N–H and O–H groups in total. The molecule has 0 spiro atoms. The maximum absolute atomic E-state index is 5.49. The first kappa shape index (κ1) is 15.5. The average molecular weight is 391 g/mol. The highest BCUT2D eigenvalue weighted by molar-refractivity contribution is 9.11. The van der Waals surface area contributed by atoms with Gasteiger partial charge in [0.1, 0.15) is 0 Å². The molecule has 1 aromatic carbocycles. The number of rotatable bonds is 4. The summed E-state index contributed by atoms with van der Waals surface area (Å²) in [7, 11) is 0. The first-order valence-electron chi connectivity index (χ1n) is 6.90. The molecule has 1 saturated heterocycles. The van der Waals surface area contributed by atoms with Gasteiger partial charge in [-0.15, -0.1) is 0 Å². The second-order valence-electron chi connectivity index (χ2n) is 5.11. The van der Waals surface area contributed by atoms with Crippen molar-refractivity contribution in [2.24, 2.45) is 5.92 Å². The van der Waals surface area contributed by atoms with Crippen molar-refractivity contribution >= 4 is 31.9 Å². The van der Waals surface area contributed by atoms with Crippen molar-refractivity contribution in [1.29, 1.82) is 0 Å². The number of hydrogen-bond acceptors (Lipinski definition) is 2. The van der Waals surface area contributed by atoms with Crippen LogP contribution in [0.4, 0.5) is 0 Å². The molecule has 1 unspecified atom stereocenters. The highest BCUT2D eigenvalue weighted by Crippen LogP contribution is 2.36. The summed E-state index contributed by atoms with van der Waals surface area (Å²) >= 11 is 7.38. The SMILES string of the molecule is CCNC(c1cc(Br)c(C)cc1Br)C1CCOCC1. The Morgan fingerprint density at radius 3 is 2.58 bits per heavy atom. The van der Waals surface area contributed by atoms with Gasteiger partial charge in [0.25, 0.3) is 0 Å². The molecule has 0 aliphatic carbocycles. The third kappa shape index (κ3) is 3.81. The lowest BCUT2D eigenvalue weighted by Gasteiger charge is -2.32. The molecule has 2 nitrogen and oxygen atoms in total. The van der Waals surface area contributed by atoms with Crippen molar-refractivity contribution < 1.29 is 4.74 Å². The van der Waals surface area contributed by atoms with Gasteiger partial charge in [-0.2, -0.15) is 0 Å². The number of benzene rings is 1. The molecule has 19 heavy (non-hydrogen) atoms. The lowest BCUT2D eigenvalue weighted by atomic mass is 9.87. The zero-order valence-corrected chi connectivity index (χ0v) is 14.7. The summed E-state index contributed by atoms with van der Waals surface area (Å²) in [4.78, 5) is 0. The van der Waals surface area contributed by atoms with Crippen molar-refractivity contribution in [3.8, 4) is 0 Å². The third-order valence-corrected chi connectivity index (χ3v) is 5.32. The van der Waals surface area contributed by atoms with Gasteiger partial charge in [-0.25, -0.2) is 0 Å². The molecule has 2 rings (SSSR count). The second kappa shape index (κ2) is 7.21. The van der Waals surface area contributed by atoms with E-state index in [1.54, 1.807) is 0 Å². The third-order valence-electron chi connectivity index (χ3n) is 3.77. The van der Waals surface area contributed by atoms with Crippen molar-refractivity contribution in [2.45, 2.75) is 32.7 Å². The van der Waals surface area contributed by atoms with E-state index in [1.165, 1.54) is 20.1 Å². The molecule has 106 valence electrons. The predicted molar refractivity (Wildman–Crippen MR) is 86.5 cm³/mol. The van der Waals surface area contributed by atoms with Crippen LogP contribution in [-0.2, 0) is 4.74 Å². The smallest absolute Gasteiger partial charge is 0.0469 e. The van der Waals surface area contributed by atoms with Crippen LogP contribution in [-0.4, -0.2) is 19.8 Å². The largest absolute Gasteiger partial charge is 0.381 e. The van der Waals surface area contributed by atoms with E-state index in [2.05, 4.69) is 63.2 Å². The summed E-state index contributed by atoms with van der Waals surface area (Å²) < 4.78 is 7.87. The van der Waals surface area contributed by atoms with Crippen molar-refractivity contribution in [3.63, 3.8) is 0 Å². The first-order valence-corrected chi connectivity index (χ1v) is 8.48. The van der Waals surface area contributed by atoms with E-state index in [-0.39, 0.29) is 0 Å². The maximum Gasteiger partial charge on any atom is 0.0469 e. The van der Waals surface area contributed by atoms with Crippen molar-refractivity contribution in [3.05, 3.63) is 32.2 Å². The highest BCUT2D eigenvalue weighted by Gasteiger charge is 2.26. The number of aryl methyl sites for hydroxylation is 1. The molecule has 0 bridgehead atoms. The predicted octanol–water partition coefficient (Wildman–Crippen LogP) is 4.60. The summed E-state index contributed by atoms with van der Waals surface area (Å²) in [5.74, 6) is 0.652. The molecular formula is C15H21Br2NO. The number of hydrogen-bond donors (Lipinski definition) is 1. The number of nitrogens with one attached hydrogen (secondary N) is 1. The molecular weight excluding hydrogens is 370 g/mol. The Labute approximate surface area is 132 Å². The molecule has 0 saturated carbocycles. The van der Waals surface area contributed by atoms with Crippen LogP contribution in [0, 0.1) is 12.8 Å². The molecule has 1 aliphatic heterocycles. The van der Waals surface area contributed by atoms with Gasteiger partial charge < -0.3 is 10.1 Å². The van der Waals surface area contributed by atoms with Gasteiger partial charge in [0, 0.05) is 28.2 Å². The Morgan fingerprint density at radius 2 is 1.95 bits per heavy atom. The minimum Gasteiger partial charge on any atom is -0.381 e. The van der Waals surface area contributed by atoms with Gasteiger partial charge in [-0.3, -0.25) is 0 Å². The van der Waals surface area contributed by atoms with Gasteiger partial charge in [0.2, 0.25) is 0 Å². The molecule has 0 aromatic heterocycles. The lowest BCUT2D eigenvalue weighted by molar-refractivity contribution is 0.0537. The van der Waals surface area contributed by atoms with Gasteiger partial charge in [-0.1, -0.05) is 38.8 Å². The maximum atomic E-state index is 5.49. The van der Waals surface area contributed by atoms with Gasteiger partial charge in [0.15, 0.2) is 0 Å². The molecule has 0 radical (unpaired) electrons. The Balaban J connectivity index is 2.29. The standard InChI is InChI=1S/C15H21Br2NO/c1-3-18-15(11-4-6-19-7-5-11)12-9-13(16)10(2)8-14(12)17/h8-9,11,15,18H,3-7H2,1-2H3. The van der Waals surface area contributed by atoms with Crippen molar-refractivity contribution in [1.82, 2.24) is 5.32 Å². The molecule has 1 fully saturated rings. The highest BCUT2D eigenvalue weighted by atomic mass is 79.9. The first-order chi connectivity index (χ1) is 9.13. The monoisotopic (exact) mass is 389 g/mol. The summed E-state index contributed by atoms with van der Waals surface area (Å²) in [6.45, 7) is 7.05. The van der Waals surface area contributed by atoms with Crippen LogP contribution in [0.5, 0.6) is 0 Å². The summed E-state index contributed by atoms with van der Waals surface area (Å²) in [6.07, 6.45) is 2.27. The zero-order valence-electron chi connectivity index (χ0n) is 11.5. The topological polar surface area (TPSA) is 21.3 Å². The average Bonchev–Trinajstić information content (AvgIpc) is 2.42. The molecule has 0 amide bonds. The van der Waals surface area contributed by atoms with Crippen LogP contribution in [0.3, 0.4) is 0 Å². The minimum absolute atomic E-state index is 0.403.